The summed E-state index contributed by atoms with van der Waals surface area (Å²) in [6.45, 7) is 0. The Bertz CT molecular complexity index is 392. The molecule has 11 heavy (non-hydrogen) atoms. The van der Waals surface area contributed by atoms with E-state index in [9.17, 15) is 0 Å². The van der Waals surface area contributed by atoms with E-state index in [4.69, 9.17) is 11.6 Å². The molecule has 2 rings (SSSR count). The number of rotatable bonds is 0. The number of halogens is 1. The van der Waals surface area contributed by atoms with Crippen LogP contribution >= 0.6 is 11.6 Å². The molecule has 1 aromatic carbocycles. The van der Waals surface area contributed by atoms with Crippen molar-refractivity contribution >= 4 is 22.6 Å². The van der Waals surface area contributed by atoms with Gasteiger partial charge in [0.25, 0.3) is 0 Å². The highest BCUT2D eigenvalue weighted by Crippen LogP contribution is 2.16. The first-order valence-electron chi connectivity index (χ1n) is 3.27. The highest BCUT2D eigenvalue weighted by Gasteiger charge is 1.98. The zero-order valence-corrected chi connectivity index (χ0v) is 6.76. The van der Waals surface area contributed by atoms with E-state index in [1.165, 1.54) is 0 Å². The van der Waals surface area contributed by atoms with E-state index in [-0.39, 0.29) is 0 Å². The van der Waals surface area contributed by atoms with Crippen LogP contribution in [-0.2, 0) is 7.05 Å². The van der Waals surface area contributed by atoms with Crippen molar-refractivity contribution in [2.45, 2.75) is 0 Å². The average Bonchev–Trinajstić information content (AvgIpc) is 2.32. The zero-order chi connectivity index (χ0) is 7.84. The molecule has 2 aromatic rings. The Kier molecular flexibility index (Phi) is 1.36. The number of aromatic nitrogens is 2. The number of hydrogen-bond acceptors (Lipinski definition) is 1. The van der Waals surface area contributed by atoms with Gasteiger partial charge in [-0.15, -0.1) is 0 Å². The molecule has 0 unspecified atom stereocenters. The molecule has 0 saturated carbocycles. The third kappa shape index (κ3) is 0.994. The molecule has 0 aliphatic heterocycles. The summed E-state index contributed by atoms with van der Waals surface area (Å²) in [6, 6.07) is 5.61. The van der Waals surface area contributed by atoms with Gasteiger partial charge in [-0.05, 0) is 18.2 Å². The Balaban J connectivity index is 2.86. The lowest BCUT2D eigenvalue weighted by atomic mass is 10.3. The maximum atomic E-state index is 5.76. The van der Waals surface area contributed by atoms with Crippen molar-refractivity contribution in [3.63, 3.8) is 0 Å². The molecular formula is C8H6ClN2. The van der Waals surface area contributed by atoms with E-state index in [1.54, 1.807) is 0 Å². The molecule has 0 saturated heterocycles. The first-order chi connectivity index (χ1) is 5.27. The largest absolute Gasteiger partial charge is 0.324 e. The first-order valence-corrected chi connectivity index (χ1v) is 3.65. The average molecular weight is 166 g/mol. The number of hydrogen-bond donors (Lipinski definition) is 0. The number of fused-ring (bicyclic) bond motifs is 1. The minimum absolute atomic E-state index is 0.713. The lowest BCUT2D eigenvalue weighted by Gasteiger charge is -1.92. The number of imidazole rings is 1. The molecule has 3 heteroatoms. The van der Waals surface area contributed by atoms with Crippen LogP contribution in [0.1, 0.15) is 0 Å². The second-order valence-electron chi connectivity index (χ2n) is 2.40. The Morgan fingerprint density at radius 3 is 3.18 bits per heavy atom. The third-order valence-corrected chi connectivity index (χ3v) is 1.85. The van der Waals surface area contributed by atoms with E-state index in [0.29, 0.717) is 5.02 Å². The molecule has 0 aliphatic rings. The molecule has 55 valence electrons. The predicted octanol–water partition coefficient (Wildman–Crippen LogP) is 2.03. The molecule has 0 spiro atoms. The fraction of sp³-hybridized carbons (Fsp3) is 0.125. The van der Waals surface area contributed by atoms with Crippen LogP contribution in [0.15, 0.2) is 18.2 Å². The maximum Gasteiger partial charge on any atom is 0.177 e. The van der Waals surface area contributed by atoms with Gasteiger partial charge in [0.2, 0.25) is 0 Å². The minimum Gasteiger partial charge on any atom is -0.324 e. The van der Waals surface area contributed by atoms with Crippen molar-refractivity contribution in [1.82, 2.24) is 9.55 Å². The SMILES string of the molecule is Cn1[c]nc2cc(Cl)ccc21. The summed E-state index contributed by atoms with van der Waals surface area (Å²) in [7, 11) is 1.91. The molecule has 0 fully saturated rings. The number of aryl methyl sites for hydroxylation is 1. The van der Waals surface area contributed by atoms with E-state index in [0.717, 1.165) is 11.0 Å². The van der Waals surface area contributed by atoms with E-state index in [2.05, 4.69) is 11.3 Å². The summed E-state index contributed by atoms with van der Waals surface area (Å²) in [5, 5.41) is 0.713. The van der Waals surface area contributed by atoms with Crippen LogP contribution in [0.4, 0.5) is 0 Å². The van der Waals surface area contributed by atoms with Crippen molar-refractivity contribution in [2.75, 3.05) is 0 Å². The van der Waals surface area contributed by atoms with Gasteiger partial charge in [-0.2, -0.15) is 0 Å². The first kappa shape index (κ1) is 6.68. The van der Waals surface area contributed by atoms with Crippen molar-refractivity contribution in [3.8, 4) is 0 Å². The Morgan fingerprint density at radius 2 is 2.36 bits per heavy atom. The lowest BCUT2D eigenvalue weighted by molar-refractivity contribution is 0.936. The van der Waals surface area contributed by atoms with Crippen LogP contribution in [0.2, 0.25) is 5.02 Å². The quantitative estimate of drug-likeness (QED) is 0.584. The summed E-state index contributed by atoms with van der Waals surface area (Å²) >= 11 is 5.76. The summed E-state index contributed by atoms with van der Waals surface area (Å²) in [6.07, 6.45) is 2.81. The molecule has 1 radical (unpaired) electrons. The Morgan fingerprint density at radius 1 is 1.55 bits per heavy atom. The van der Waals surface area contributed by atoms with Gasteiger partial charge < -0.3 is 4.57 Å². The topological polar surface area (TPSA) is 17.8 Å². The van der Waals surface area contributed by atoms with E-state index < -0.39 is 0 Å². The van der Waals surface area contributed by atoms with Crippen LogP contribution < -0.4 is 0 Å². The highest BCUT2D eigenvalue weighted by atomic mass is 35.5. The van der Waals surface area contributed by atoms with Crippen molar-refractivity contribution in [2.24, 2.45) is 7.05 Å². The smallest absolute Gasteiger partial charge is 0.177 e. The highest BCUT2D eigenvalue weighted by molar-refractivity contribution is 6.31. The van der Waals surface area contributed by atoms with Crippen LogP contribution in [-0.4, -0.2) is 9.55 Å². The molecule has 1 aromatic heterocycles. The van der Waals surface area contributed by atoms with Crippen LogP contribution in [0.5, 0.6) is 0 Å². The van der Waals surface area contributed by atoms with Crippen LogP contribution in [0.25, 0.3) is 11.0 Å². The van der Waals surface area contributed by atoms with Crippen molar-refractivity contribution in [1.29, 1.82) is 0 Å². The molecule has 0 N–H and O–H groups in total. The van der Waals surface area contributed by atoms with Gasteiger partial charge in [0.1, 0.15) is 0 Å². The van der Waals surface area contributed by atoms with Crippen LogP contribution in [0, 0.1) is 6.33 Å². The minimum atomic E-state index is 0.713. The molecule has 0 amide bonds. The van der Waals surface area contributed by atoms with Gasteiger partial charge in [-0.1, -0.05) is 11.6 Å². The standard InChI is InChI=1S/C8H6ClN2/c1-11-5-10-7-4-6(9)2-3-8(7)11/h2-4H,1H3. The van der Waals surface area contributed by atoms with Gasteiger partial charge >= 0.3 is 0 Å². The fourth-order valence-corrected chi connectivity index (χ4v) is 1.22. The van der Waals surface area contributed by atoms with Gasteiger partial charge in [0.05, 0.1) is 11.0 Å². The monoisotopic (exact) mass is 165 g/mol. The summed E-state index contributed by atoms with van der Waals surface area (Å²) < 4.78 is 1.84. The van der Waals surface area contributed by atoms with Gasteiger partial charge in [-0.25, -0.2) is 4.98 Å². The van der Waals surface area contributed by atoms with Gasteiger partial charge in [-0.3, -0.25) is 0 Å². The van der Waals surface area contributed by atoms with Crippen molar-refractivity contribution < 1.29 is 0 Å². The molecule has 0 aliphatic carbocycles. The van der Waals surface area contributed by atoms with Gasteiger partial charge in [0, 0.05) is 12.1 Å². The number of nitrogens with zero attached hydrogens (tertiary/aromatic N) is 2. The summed E-state index contributed by atoms with van der Waals surface area (Å²) in [5.74, 6) is 0. The molecule has 0 atom stereocenters. The third-order valence-electron chi connectivity index (χ3n) is 1.62. The summed E-state index contributed by atoms with van der Waals surface area (Å²) in [5.41, 5.74) is 1.94. The zero-order valence-electron chi connectivity index (χ0n) is 6.00. The van der Waals surface area contributed by atoms with Crippen molar-refractivity contribution in [3.05, 3.63) is 29.5 Å². The fourth-order valence-electron chi connectivity index (χ4n) is 1.05. The second kappa shape index (κ2) is 2.24. The molecule has 2 nitrogen and oxygen atoms in total. The van der Waals surface area contributed by atoms with Gasteiger partial charge in [0.15, 0.2) is 6.33 Å². The molecule has 1 heterocycles. The van der Waals surface area contributed by atoms with E-state index >= 15 is 0 Å². The second-order valence-corrected chi connectivity index (χ2v) is 2.84. The normalized spacial score (nSPS) is 10.7. The Hall–Kier alpha value is -1.02. The lowest BCUT2D eigenvalue weighted by Crippen LogP contribution is -1.82. The molecule has 0 bridgehead atoms. The summed E-state index contributed by atoms with van der Waals surface area (Å²) in [4.78, 5) is 4.03. The predicted molar refractivity (Wildman–Crippen MR) is 44.6 cm³/mol. The van der Waals surface area contributed by atoms with E-state index in [1.807, 2.05) is 29.8 Å². The number of benzene rings is 1. The maximum absolute atomic E-state index is 5.76. The molecular weight excluding hydrogens is 160 g/mol. The Labute approximate surface area is 69.4 Å². The van der Waals surface area contributed by atoms with Crippen LogP contribution in [0.3, 0.4) is 0 Å².